The maximum atomic E-state index is 13.8. The number of carbonyl (C=O) groups excluding carboxylic acids is 1. The second-order valence-corrected chi connectivity index (χ2v) is 14.8. The van der Waals surface area contributed by atoms with Crippen molar-refractivity contribution in [2.45, 2.75) is 81.9 Å². The van der Waals surface area contributed by atoms with E-state index in [2.05, 4.69) is 10.6 Å². The van der Waals surface area contributed by atoms with Gasteiger partial charge >= 0.3 is 12.4 Å². The molecule has 1 aliphatic carbocycles. The number of amides is 1. The molecule has 266 valence electrons. The number of halogens is 6. The Bertz CT molecular complexity index is 1680. The number of nitrogens with zero attached hydrogens (tertiary/aromatic N) is 1. The second-order valence-electron chi connectivity index (χ2n) is 12.8. The molecule has 0 spiro atoms. The molecule has 2 atom stereocenters. The molecule has 1 heterocycles. The van der Waals surface area contributed by atoms with Gasteiger partial charge in [-0.05, 0) is 91.1 Å². The number of aliphatic hydroxyl groups is 1. The van der Waals surface area contributed by atoms with E-state index in [4.69, 9.17) is 0 Å². The van der Waals surface area contributed by atoms with Crippen LogP contribution in [0.4, 0.5) is 32.0 Å². The van der Waals surface area contributed by atoms with E-state index in [0.717, 1.165) is 36.8 Å². The molecule has 7 nitrogen and oxygen atoms in total. The van der Waals surface area contributed by atoms with Crippen LogP contribution in [-0.2, 0) is 35.3 Å². The van der Waals surface area contributed by atoms with Gasteiger partial charge < -0.3 is 15.7 Å². The van der Waals surface area contributed by atoms with Gasteiger partial charge in [-0.2, -0.15) is 26.3 Å². The minimum Gasteiger partial charge on any atom is -0.390 e. The molecule has 3 aromatic carbocycles. The minimum absolute atomic E-state index is 0.0124. The lowest BCUT2D eigenvalue weighted by Gasteiger charge is -2.30. The number of hydrogen-bond acceptors (Lipinski definition) is 5. The van der Waals surface area contributed by atoms with E-state index in [-0.39, 0.29) is 41.8 Å². The van der Waals surface area contributed by atoms with Crippen LogP contribution in [0.1, 0.15) is 82.6 Å². The smallest absolute Gasteiger partial charge is 0.390 e. The molecular formula is C35H39F6N3O4S. The average molecular weight is 712 g/mol. The van der Waals surface area contributed by atoms with Crippen molar-refractivity contribution in [3.8, 4) is 0 Å². The zero-order chi connectivity index (χ0) is 35.4. The number of rotatable bonds is 11. The Balaban J connectivity index is 1.37. The SMILES string of the molecule is O=C(N[C@@H](Cc1ccccc1)[C@H](O)CNCc1cc(C(F)(F)F)cc(C(F)(F)F)c1)c1cc(C2CCCC2)cc(N2CCCCS2(=O)=O)c1. The first-order valence-electron chi connectivity index (χ1n) is 16.3. The molecule has 0 aromatic heterocycles. The number of alkyl halides is 6. The van der Waals surface area contributed by atoms with Crippen LogP contribution >= 0.6 is 0 Å². The van der Waals surface area contributed by atoms with Gasteiger partial charge in [0.15, 0.2) is 0 Å². The highest BCUT2D eigenvalue weighted by atomic mass is 32.2. The summed E-state index contributed by atoms with van der Waals surface area (Å²) < 4.78 is 107. The first-order chi connectivity index (χ1) is 23.1. The van der Waals surface area contributed by atoms with Gasteiger partial charge in [0, 0.05) is 25.2 Å². The summed E-state index contributed by atoms with van der Waals surface area (Å²) in [5, 5.41) is 16.8. The number of nitrogens with one attached hydrogen (secondary N) is 2. The number of aliphatic hydroxyl groups excluding tert-OH is 1. The standard InChI is InChI=1S/C35H39F6N3O4S/c36-34(37,38)28-14-24(15-29(20-28)35(39,40)41)21-42-22-32(45)31(16-23-8-2-1-3-9-23)43-33(46)27-17-26(25-10-4-5-11-25)18-30(19-27)44-12-6-7-13-49(44,47)48/h1-3,8-9,14-15,17-20,25,31-32,42,45H,4-7,10-13,16,21-22H2,(H,43,46)/t31-,32+/m0/s1. The number of sulfonamides is 1. The monoisotopic (exact) mass is 711 g/mol. The zero-order valence-electron chi connectivity index (χ0n) is 26.7. The van der Waals surface area contributed by atoms with Gasteiger partial charge in [-0.3, -0.25) is 9.10 Å². The minimum atomic E-state index is -4.99. The molecule has 0 unspecified atom stereocenters. The van der Waals surface area contributed by atoms with Gasteiger partial charge in [0.25, 0.3) is 5.91 Å². The van der Waals surface area contributed by atoms with E-state index in [0.29, 0.717) is 37.2 Å². The summed E-state index contributed by atoms with van der Waals surface area (Å²) in [4.78, 5) is 13.8. The molecule has 0 bridgehead atoms. The fraction of sp³-hybridized carbons (Fsp3) is 0.457. The first kappa shape index (κ1) is 36.7. The van der Waals surface area contributed by atoms with Crippen molar-refractivity contribution < 1.29 is 44.7 Å². The van der Waals surface area contributed by atoms with Crippen LogP contribution < -0.4 is 14.9 Å². The molecule has 3 N–H and O–H groups in total. The molecule has 3 aromatic rings. The summed E-state index contributed by atoms with van der Waals surface area (Å²) in [6.45, 7) is -0.378. The van der Waals surface area contributed by atoms with E-state index in [9.17, 15) is 44.7 Å². The summed E-state index contributed by atoms with van der Waals surface area (Å²) in [5.74, 6) is -0.371. The van der Waals surface area contributed by atoms with Gasteiger partial charge in [0.1, 0.15) is 0 Å². The number of anilines is 1. The first-order valence-corrected chi connectivity index (χ1v) is 17.9. The van der Waals surface area contributed by atoms with E-state index in [1.165, 1.54) is 10.4 Å². The Morgan fingerprint density at radius 1 is 0.857 bits per heavy atom. The number of benzene rings is 3. The lowest BCUT2D eigenvalue weighted by molar-refractivity contribution is -0.143. The maximum absolute atomic E-state index is 13.8. The average Bonchev–Trinajstić information content (AvgIpc) is 3.59. The summed E-state index contributed by atoms with van der Waals surface area (Å²) in [6, 6.07) is 14.4. The van der Waals surface area contributed by atoms with Crippen LogP contribution in [0.3, 0.4) is 0 Å². The fourth-order valence-electron chi connectivity index (χ4n) is 6.51. The van der Waals surface area contributed by atoms with Crippen LogP contribution in [0.2, 0.25) is 0 Å². The zero-order valence-corrected chi connectivity index (χ0v) is 27.5. The van der Waals surface area contributed by atoms with Gasteiger partial charge in [-0.25, -0.2) is 8.42 Å². The molecule has 1 saturated heterocycles. The molecule has 49 heavy (non-hydrogen) atoms. The van der Waals surface area contributed by atoms with Crippen LogP contribution in [0.25, 0.3) is 0 Å². The van der Waals surface area contributed by atoms with Crippen molar-refractivity contribution in [3.05, 3.63) is 100 Å². The molecule has 14 heteroatoms. The largest absolute Gasteiger partial charge is 0.416 e. The van der Waals surface area contributed by atoms with Gasteiger partial charge in [0.05, 0.1) is 34.7 Å². The van der Waals surface area contributed by atoms with Crippen molar-refractivity contribution in [2.24, 2.45) is 0 Å². The molecule has 1 aliphatic heterocycles. The van der Waals surface area contributed by atoms with E-state index in [1.807, 2.05) is 6.07 Å². The van der Waals surface area contributed by atoms with Crippen molar-refractivity contribution >= 4 is 21.6 Å². The molecule has 0 radical (unpaired) electrons. The summed E-state index contributed by atoms with van der Waals surface area (Å²) in [6.07, 6.45) is -6.03. The Labute approximate surface area is 281 Å². The molecule has 2 aliphatic rings. The highest BCUT2D eigenvalue weighted by Crippen LogP contribution is 2.38. The van der Waals surface area contributed by atoms with Crippen LogP contribution in [-0.4, -0.2) is 50.4 Å². The van der Waals surface area contributed by atoms with Crippen molar-refractivity contribution in [3.63, 3.8) is 0 Å². The van der Waals surface area contributed by atoms with Gasteiger partial charge in [-0.15, -0.1) is 0 Å². The van der Waals surface area contributed by atoms with Crippen LogP contribution in [0, 0.1) is 0 Å². The molecule has 1 saturated carbocycles. The summed E-state index contributed by atoms with van der Waals surface area (Å²) >= 11 is 0. The second kappa shape index (κ2) is 15.1. The highest BCUT2D eigenvalue weighted by molar-refractivity contribution is 7.92. The van der Waals surface area contributed by atoms with Crippen molar-refractivity contribution in [2.75, 3.05) is 23.1 Å². The molecular weight excluding hydrogens is 672 g/mol. The van der Waals surface area contributed by atoms with Crippen molar-refractivity contribution in [1.82, 2.24) is 10.6 Å². The fourth-order valence-corrected chi connectivity index (χ4v) is 8.14. The lowest BCUT2D eigenvalue weighted by Crippen LogP contribution is -2.48. The van der Waals surface area contributed by atoms with Gasteiger partial charge in [-0.1, -0.05) is 43.2 Å². The Morgan fingerprint density at radius 2 is 1.51 bits per heavy atom. The van der Waals surface area contributed by atoms with Gasteiger partial charge in [0.2, 0.25) is 10.0 Å². The normalized spacial score (nSPS) is 18.3. The lowest BCUT2D eigenvalue weighted by atomic mass is 9.94. The summed E-state index contributed by atoms with van der Waals surface area (Å²) in [7, 11) is -3.56. The third kappa shape index (κ3) is 9.55. The number of carbonyl (C=O) groups is 1. The van der Waals surface area contributed by atoms with E-state index in [1.54, 1.807) is 36.4 Å². The molecule has 2 fully saturated rings. The van der Waals surface area contributed by atoms with Crippen LogP contribution in [0.5, 0.6) is 0 Å². The summed E-state index contributed by atoms with van der Waals surface area (Å²) in [5.41, 5.74) is -0.892. The Hall–Kier alpha value is -3.62. The maximum Gasteiger partial charge on any atom is 0.416 e. The third-order valence-electron chi connectivity index (χ3n) is 9.08. The quantitative estimate of drug-likeness (QED) is 0.190. The van der Waals surface area contributed by atoms with Crippen LogP contribution in [0.15, 0.2) is 66.7 Å². The van der Waals surface area contributed by atoms with Crippen molar-refractivity contribution in [1.29, 1.82) is 0 Å². The highest BCUT2D eigenvalue weighted by Gasteiger charge is 2.37. The molecule has 5 rings (SSSR count). The van der Waals surface area contributed by atoms with E-state index < -0.39 is 58.1 Å². The van der Waals surface area contributed by atoms with E-state index >= 15 is 0 Å². The Kier molecular flexibility index (Phi) is 11.3. The Morgan fingerprint density at radius 3 is 2.12 bits per heavy atom. The predicted molar refractivity (Wildman–Crippen MR) is 174 cm³/mol. The third-order valence-corrected chi connectivity index (χ3v) is 10.9. The number of hydrogen-bond donors (Lipinski definition) is 3. The molecule has 1 amide bonds. The predicted octanol–water partition coefficient (Wildman–Crippen LogP) is 6.80. The topological polar surface area (TPSA) is 98.7 Å².